The third-order valence-electron chi connectivity index (χ3n) is 5.52. The SMILES string of the molecule is C=CCN=C(N)/N=C(\C)CC1=C/C(=C(/ON)c2cccc(N3CCC(O)CC3)c2)CC=C1. The van der Waals surface area contributed by atoms with Gasteiger partial charge in [0.2, 0.25) is 5.96 Å². The van der Waals surface area contributed by atoms with Gasteiger partial charge in [-0.25, -0.2) is 9.98 Å². The summed E-state index contributed by atoms with van der Waals surface area (Å²) in [4.78, 5) is 16.1. The van der Waals surface area contributed by atoms with E-state index >= 15 is 0 Å². The van der Waals surface area contributed by atoms with Crippen molar-refractivity contribution < 1.29 is 9.94 Å². The van der Waals surface area contributed by atoms with Gasteiger partial charge in [-0.3, -0.25) is 0 Å². The summed E-state index contributed by atoms with van der Waals surface area (Å²) in [5.41, 5.74) is 10.9. The zero-order valence-electron chi connectivity index (χ0n) is 18.7. The van der Waals surface area contributed by atoms with Gasteiger partial charge in [-0.05, 0) is 43.9 Å². The Kier molecular flexibility index (Phi) is 8.41. The van der Waals surface area contributed by atoms with E-state index < -0.39 is 0 Å². The van der Waals surface area contributed by atoms with Crippen molar-refractivity contribution in [1.29, 1.82) is 0 Å². The van der Waals surface area contributed by atoms with Crippen LogP contribution in [0.5, 0.6) is 0 Å². The van der Waals surface area contributed by atoms with E-state index in [-0.39, 0.29) is 12.1 Å². The zero-order chi connectivity index (χ0) is 22.9. The topological polar surface area (TPSA) is 109 Å². The van der Waals surface area contributed by atoms with E-state index in [0.717, 1.165) is 60.5 Å². The normalized spacial score (nSPS) is 19.6. The van der Waals surface area contributed by atoms with Gasteiger partial charge in [-0.1, -0.05) is 36.4 Å². The summed E-state index contributed by atoms with van der Waals surface area (Å²) in [6.07, 6.45) is 10.7. The molecule has 1 aliphatic heterocycles. The van der Waals surface area contributed by atoms with Crippen LogP contribution in [0.3, 0.4) is 0 Å². The molecule has 0 aromatic heterocycles. The van der Waals surface area contributed by atoms with Crippen molar-refractivity contribution in [2.45, 2.75) is 38.7 Å². The number of anilines is 1. The van der Waals surface area contributed by atoms with Gasteiger partial charge in [0.05, 0.1) is 12.6 Å². The maximum Gasteiger partial charge on any atom is 0.215 e. The lowest BCUT2D eigenvalue weighted by Gasteiger charge is -2.31. The lowest BCUT2D eigenvalue weighted by atomic mass is 9.95. The molecule has 0 atom stereocenters. The molecule has 3 rings (SSSR count). The Morgan fingerprint density at radius 2 is 2.12 bits per heavy atom. The summed E-state index contributed by atoms with van der Waals surface area (Å²) >= 11 is 0. The molecule has 0 radical (unpaired) electrons. The number of guanidine groups is 1. The smallest absolute Gasteiger partial charge is 0.215 e. The molecule has 7 heteroatoms. The minimum atomic E-state index is -0.201. The van der Waals surface area contributed by atoms with Gasteiger partial charge in [-0.15, -0.1) is 6.58 Å². The summed E-state index contributed by atoms with van der Waals surface area (Å²) in [5, 5.41) is 9.79. The van der Waals surface area contributed by atoms with Crippen LogP contribution in [0.4, 0.5) is 5.69 Å². The highest BCUT2D eigenvalue weighted by atomic mass is 16.6. The standard InChI is InChI=1S/C25H33N5O2/c1-3-12-28-25(26)29-18(2)15-19-6-4-7-20(16-19)24(32-27)21-8-5-9-22(17-21)30-13-10-23(31)11-14-30/h3-6,8-9,16-17,23,31H,1,7,10-15,27H2,2H3,(H2,26,28)/b24-20+,29-18+. The maximum absolute atomic E-state index is 9.79. The highest BCUT2D eigenvalue weighted by molar-refractivity contribution is 5.96. The van der Waals surface area contributed by atoms with Gasteiger partial charge in [0.15, 0.2) is 5.76 Å². The van der Waals surface area contributed by atoms with Crippen LogP contribution < -0.4 is 16.5 Å². The van der Waals surface area contributed by atoms with Crippen molar-refractivity contribution in [2.24, 2.45) is 21.6 Å². The highest BCUT2D eigenvalue weighted by Crippen LogP contribution is 2.30. The van der Waals surface area contributed by atoms with Crippen LogP contribution in [0.15, 0.2) is 76.3 Å². The second kappa shape index (κ2) is 11.5. The number of allylic oxidation sites excluding steroid dienone is 5. The Balaban J connectivity index is 1.81. The molecule has 1 fully saturated rings. The molecule has 0 saturated carbocycles. The molecule has 0 amide bonds. The molecule has 7 nitrogen and oxygen atoms in total. The number of rotatable bonds is 7. The van der Waals surface area contributed by atoms with Crippen molar-refractivity contribution in [1.82, 2.24) is 0 Å². The molecule has 1 aliphatic carbocycles. The van der Waals surface area contributed by atoms with E-state index in [2.05, 4.69) is 51.8 Å². The monoisotopic (exact) mass is 435 g/mol. The lowest BCUT2D eigenvalue weighted by molar-refractivity contribution is 0.145. The minimum absolute atomic E-state index is 0.201. The summed E-state index contributed by atoms with van der Waals surface area (Å²) in [7, 11) is 0. The number of nitrogens with two attached hydrogens (primary N) is 2. The van der Waals surface area contributed by atoms with E-state index in [9.17, 15) is 5.11 Å². The van der Waals surface area contributed by atoms with Crippen molar-refractivity contribution in [2.75, 3.05) is 24.5 Å². The molecule has 1 aromatic carbocycles. The summed E-state index contributed by atoms with van der Waals surface area (Å²) in [6, 6.07) is 8.20. The number of aliphatic hydroxyl groups is 1. The average molecular weight is 436 g/mol. The first-order valence-electron chi connectivity index (χ1n) is 11.0. The Morgan fingerprint density at radius 1 is 1.34 bits per heavy atom. The van der Waals surface area contributed by atoms with E-state index in [0.29, 0.717) is 18.7 Å². The first-order chi connectivity index (χ1) is 15.5. The van der Waals surface area contributed by atoms with E-state index in [1.54, 1.807) is 6.08 Å². The second-order valence-corrected chi connectivity index (χ2v) is 8.08. The van der Waals surface area contributed by atoms with Crippen molar-refractivity contribution in [3.63, 3.8) is 0 Å². The van der Waals surface area contributed by atoms with Crippen LogP contribution in [-0.2, 0) is 4.84 Å². The molecule has 2 aliphatic rings. The Bertz CT molecular complexity index is 966. The predicted octanol–water partition coefficient (Wildman–Crippen LogP) is 3.49. The number of benzene rings is 1. The molecule has 0 bridgehead atoms. The van der Waals surface area contributed by atoms with Crippen molar-refractivity contribution in [3.05, 3.63) is 71.9 Å². The fourth-order valence-electron chi connectivity index (χ4n) is 3.96. The summed E-state index contributed by atoms with van der Waals surface area (Å²) in [6.45, 7) is 7.69. The molecule has 1 aromatic rings. The van der Waals surface area contributed by atoms with Crippen LogP contribution in [-0.4, -0.2) is 42.5 Å². The molecule has 5 N–H and O–H groups in total. The maximum atomic E-state index is 9.79. The van der Waals surface area contributed by atoms with Crippen LogP contribution in [0.1, 0.15) is 38.2 Å². The molecular weight excluding hydrogens is 402 g/mol. The Morgan fingerprint density at radius 3 is 2.84 bits per heavy atom. The summed E-state index contributed by atoms with van der Waals surface area (Å²) < 4.78 is 0. The number of hydrogen-bond acceptors (Lipinski definition) is 5. The quantitative estimate of drug-likeness (QED) is 0.200. The third kappa shape index (κ3) is 6.42. The minimum Gasteiger partial charge on any atom is -0.411 e. The highest BCUT2D eigenvalue weighted by Gasteiger charge is 2.19. The predicted molar refractivity (Wildman–Crippen MR) is 132 cm³/mol. The third-order valence-corrected chi connectivity index (χ3v) is 5.52. The van der Waals surface area contributed by atoms with Gasteiger partial charge in [-0.2, -0.15) is 5.90 Å². The van der Waals surface area contributed by atoms with Gasteiger partial charge in [0.25, 0.3) is 0 Å². The second-order valence-electron chi connectivity index (χ2n) is 8.08. The fourth-order valence-corrected chi connectivity index (χ4v) is 3.96. The van der Waals surface area contributed by atoms with Crippen molar-refractivity contribution in [3.8, 4) is 0 Å². The lowest BCUT2D eigenvalue weighted by Crippen LogP contribution is -2.35. The molecule has 1 heterocycles. The van der Waals surface area contributed by atoms with Gasteiger partial charge in [0, 0.05) is 42.0 Å². The molecule has 0 spiro atoms. The Labute approximate surface area is 190 Å². The van der Waals surface area contributed by atoms with Crippen LogP contribution >= 0.6 is 0 Å². The Hall–Kier alpha value is -3.16. The van der Waals surface area contributed by atoms with Crippen molar-refractivity contribution >= 4 is 23.1 Å². The largest absolute Gasteiger partial charge is 0.411 e. The fraction of sp³-hybridized carbons (Fsp3) is 0.360. The van der Waals surface area contributed by atoms with Gasteiger partial charge < -0.3 is 20.6 Å². The van der Waals surface area contributed by atoms with E-state index in [4.69, 9.17) is 16.5 Å². The number of aliphatic hydroxyl groups excluding tert-OH is 1. The molecule has 170 valence electrons. The molecule has 32 heavy (non-hydrogen) atoms. The van der Waals surface area contributed by atoms with Gasteiger partial charge in [0.1, 0.15) is 0 Å². The number of nitrogens with zero attached hydrogens (tertiary/aromatic N) is 3. The number of aliphatic imine (C=N–C) groups is 2. The number of piperidine rings is 1. The van der Waals surface area contributed by atoms with E-state index in [1.165, 1.54) is 0 Å². The molecular formula is C25H33N5O2. The first kappa shape index (κ1) is 23.5. The first-order valence-corrected chi connectivity index (χ1v) is 11.0. The van der Waals surface area contributed by atoms with Gasteiger partial charge >= 0.3 is 0 Å². The summed E-state index contributed by atoms with van der Waals surface area (Å²) in [5.74, 6) is 6.64. The van der Waals surface area contributed by atoms with E-state index in [1.807, 2.05) is 19.1 Å². The average Bonchev–Trinajstić information content (AvgIpc) is 2.79. The van der Waals surface area contributed by atoms with Crippen LogP contribution in [0.2, 0.25) is 0 Å². The number of hydrogen-bond donors (Lipinski definition) is 3. The van der Waals surface area contributed by atoms with Crippen LogP contribution in [0, 0.1) is 0 Å². The molecule has 1 saturated heterocycles. The van der Waals surface area contributed by atoms with Crippen LogP contribution in [0.25, 0.3) is 5.76 Å². The zero-order valence-corrected chi connectivity index (χ0v) is 18.7. The molecule has 0 unspecified atom stereocenters.